The van der Waals surface area contributed by atoms with Gasteiger partial charge in [0.15, 0.2) is 0 Å². The van der Waals surface area contributed by atoms with Gasteiger partial charge in [0.2, 0.25) is 0 Å². The van der Waals surface area contributed by atoms with Gasteiger partial charge in [-0.3, -0.25) is 0 Å². The van der Waals surface area contributed by atoms with E-state index in [4.69, 9.17) is 25.3 Å². The van der Waals surface area contributed by atoms with Crippen LogP contribution in [0.15, 0.2) is 313 Å². The minimum atomic E-state index is 0.542. The van der Waals surface area contributed by atoms with Crippen LogP contribution < -0.4 is 0 Å². The smallest absolute Gasteiger partial charge is 0.0113 e. The summed E-state index contributed by atoms with van der Waals surface area (Å²) in [5.74, 6) is 0.542. The monoisotopic (exact) mass is 1060 g/mol. The van der Waals surface area contributed by atoms with Crippen molar-refractivity contribution in [2.45, 2.75) is 40.0 Å². The molecular formula is C77H68S2. The maximum Gasteiger partial charge on any atom is 0.0113 e. The quantitative estimate of drug-likeness (QED) is 0.0260. The van der Waals surface area contributed by atoms with Crippen LogP contribution in [0, 0.1) is 5.92 Å². The van der Waals surface area contributed by atoms with Crippen molar-refractivity contribution >= 4 is 74.5 Å². The Morgan fingerprint density at radius 1 is 0.544 bits per heavy atom. The van der Waals surface area contributed by atoms with Gasteiger partial charge in [0.05, 0.1) is 0 Å². The lowest BCUT2D eigenvalue weighted by Gasteiger charge is -2.19. The molecule has 0 radical (unpaired) electrons. The van der Waals surface area contributed by atoms with E-state index in [1.54, 1.807) is 0 Å². The number of allylic oxidation sites excluding steroid dienone is 20. The molecule has 1 aliphatic carbocycles. The lowest BCUT2D eigenvalue weighted by Crippen LogP contribution is -1.94. The van der Waals surface area contributed by atoms with Crippen molar-refractivity contribution in [2.75, 3.05) is 0 Å². The molecule has 8 aromatic carbocycles. The molecule has 0 saturated heterocycles. The molecule has 8 aromatic rings. The molecule has 0 saturated carbocycles. The van der Waals surface area contributed by atoms with E-state index in [1.165, 1.54) is 71.8 Å². The van der Waals surface area contributed by atoms with Gasteiger partial charge in [-0.25, -0.2) is 0 Å². The van der Waals surface area contributed by atoms with Crippen molar-refractivity contribution in [3.63, 3.8) is 0 Å². The summed E-state index contributed by atoms with van der Waals surface area (Å²) in [6.07, 6.45) is 39.6. The van der Waals surface area contributed by atoms with E-state index in [1.807, 2.05) is 31.2 Å². The molecule has 0 aliphatic heterocycles. The van der Waals surface area contributed by atoms with Gasteiger partial charge in [-0.1, -0.05) is 280 Å². The van der Waals surface area contributed by atoms with E-state index in [2.05, 4.69) is 287 Å². The second-order valence-electron chi connectivity index (χ2n) is 20.0. The van der Waals surface area contributed by atoms with Crippen LogP contribution in [0.4, 0.5) is 0 Å². The molecule has 79 heavy (non-hydrogen) atoms. The molecule has 0 heterocycles. The molecule has 0 amide bonds. The molecule has 1 aliphatic rings. The predicted molar refractivity (Wildman–Crippen MR) is 354 cm³/mol. The highest BCUT2D eigenvalue weighted by Gasteiger charge is 2.19. The Morgan fingerprint density at radius 2 is 1.10 bits per heavy atom. The van der Waals surface area contributed by atoms with Crippen LogP contribution in [0.5, 0.6) is 0 Å². The zero-order valence-electron chi connectivity index (χ0n) is 45.5. The lowest BCUT2D eigenvalue weighted by molar-refractivity contribution is 0.592. The van der Waals surface area contributed by atoms with Crippen molar-refractivity contribution in [2.24, 2.45) is 5.92 Å². The molecule has 0 bridgehead atoms. The third-order valence-electron chi connectivity index (χ3n) is 14.1. The average Bonchev–Trinajstić information content (AvgIpc) is 3.86. The minimum Gasteiger partial charge on any atom is -0.143 e. The van der Waals surface area contributed by atoms with Gasteiger partial charge >= 0.3 is 0 Å². The third-order valence-corrected chi connectivity index (χ3v) is 14.8. The van der Waals surface area contributed by atoms with Crippen LogP contribution in [-0.4, -0.2) is 0 Å². The third kappa shape index (κ3) is 14.6. The summed E-state index contributed by atoms with van der Waals surface area (Å²) in [5.41, 5.74) is 17.5. The second kappa shape index (κ2) is 27.8. The molecule has 0 nitrogen and oxygen atoms in total. The van der Waals surface area contributed by atoms with Gasteiger partial charge in [-0.05, 0) is 169 Å². The van der Waals surface area contributed by atoms with Crippen molar-refractivity contribution in [1.82, 2.24) is 0 Å². The van der Waals surface area contributed by atoms with Gasteiger partial charge in [0.1, 0.15) is 0 Å². The Morgan fingerprint density at radius 3 is 1.70 bits per heavy atom. The van der Waals surface area contributed by atoms with Crippen LogP contribution >= 0.6 is 25.3 Å². The van der Waals surface area contributed by atoms with Gasteiger partial charge in [-0.15, -0.1) is 25.3 Å². The summed E-state index contributed by atoms with van der Waals surface area (Å²) in [6, 6.07) is 67.5. The molecule has 2 heteroatoms. The van der Waals surface area contributed by atoms with E-state index in [0.717, 1.165) is 62.3 Å². The van der Waals surface area contributed by atoms with Gasteiger partial charge in [0, 0.05) is 9.81 Å². The first-order valence-corrected chi connectivity index (χ1v) is 28.3. The number of benzene rings is 8. The first-order valence-electron chi connectivity index (χ1n) is 27.4. The van der Waals surface area contributed by atoms with Crippen LogP contribution in [0.1, 0.15) is 79.0 Å². The summed E-state index contributed by atoms with van der Waals surface area (Å²) in [7, 11) is 0. The summed E-state index contributed by atoms with van der Waals surface area (Å²) in [6.45, 7) is 10.7. The predicted octanol–water partition coefficient (Wildman–Crippen LogP) is 21.9. The summed E-state index contributed by atoms with van der Waals surface area (Å²) < 4.78 is 0. The highest BCUT2D eigenvalue weighted by atomic mass is 32.1. The summed E-state index contributed by atoms with van der Waals surface area (Å²) in [4.78, 5) is 1.68. The first-order chi connectivity index (χ1) is 38.8. The molecule has 0 spiro atoms. The SMILES string of the molecule is C=C(/C=C(\C=C/C)/C=C/C=C(S)/C=C/C=C(\S)c1ccc2c(C3=CC=C(C=C(c4ccccc4)c4ccccc4)CC=C3)c3ccccc3c(-c3ccc(C=C(c4ccccc4)c4ccccc4)cc3)c2c1)CC(C)C/C=C\C. The van der Waals surface area contributed by atoms with E-state index >= 15 is 0 Å². The molecule has 0 fully saturated rings. The zero-order valence-corrected chi connectivity index (χ0v) is 47.3. The number of thiol groups is 2. The highest BCUT2D eigenvalue weighted by molar-refractivity contribution is 7.90. The lowest BCUT2D eigenvalue weighted by atomic mass is 9.84. The van der Waals surface area contributed by atoms with Crippen molar-refractivity contribution < 1.29 is 0 Å². The highest BCUT2D eigenvalue weighted by Crippen LogP contribution is 2.44. The Kier molecular flexibility index (Phi) is 19.5. The van der Waals surface area contributed by atoms with E-state index in [0.29, 0.717) is 5.92 Å². The fourth-order valence-corrected chi connectivity index (χ4v) is 10.7. The fourth-order valence-electron chi connectivity index (χ4n) is 10.3. The normalized spacial score (nSPS) is 13.8. The van der Waals surface area contributed by atoms with Crippen LogP contribution in [0.2, 0.25) is 0 Å². The van der Waals surface area contributed by atoms with E-state index in [-0.39, 0.29) is 0 Å². The molecule has 0 aromatic heterocycles. The maximum atomic E-state index is 5.16. The Bertz CT molecular complexity index is 3720. The van der Waals surface area contributed by atoms with Crippen LogP contribution in [-0.2, 0) is 0 Å². The number of rotatable bonds is 19. The number of hydrogen-bond acceptors (Lipinski definition) is 2. The molecule has 1 unspecified atom stereocenters. The Labute approximate surface area is 480 Å². The Balaban J connectivity index is 1.11. The van der Waals surface area contributed by atoms with Crippen LogP contribution in [0.3, 0.4) is 0 Å². The fraction of sp³-hybridized carbons (Fsp3) is 0.0909. The van der Waals surface area contributed by atoms with E-state index < -0.39 is 0 Å². The van der Waals surface area contributed by atoms with E-state index in [9.17, 15) is 0 Å². The average molecular weight is 1060 g/mol. The number of fused-ring (bicyclic) bond motifs is 2. The Hall–Kier alpha value is -8.40. The van der Waals surface area contributed by atoms with Crippen molar-refractivity contribution in [3.8, 4) is 11.1 Å². The first kappa shape index (κ1) is 55.4. The van der Waals surface area contributed by atoms with Crippen LogP contribution in [0.25, 0.3) is 60.4 Å². The largest absolute Gasteiger partial charge is 0.143 e. The maximum absolute atomic E-state index is 5.16. The van der Waals surface area contributed by atoms with Gasteiger partial charge < -0.3 is 0 Å². The molecule has 1 atom stereocenters. The second-order valence-corrected chi connectivity index (χ2v) is 21.0. The molecule has 388 valence electrons. The topological polar surface area (TPSA) is 0 Å². The van der Waals surface area contributed by atoms with Crippen molar-refractivity contribution in [3.05, 3.63) is 352 Å². The summed E-state index contributed by atoms with van der Waals surface area (Å²) >= 11 is 9.99. The van der Waals surface area contributed by atoms with Gasteiger partial charge in [-0.2, -0.15) is 0 Å². The molecule has 9 rings (SSSR count). The molecular weight excluding hydrogens is 989 g/mol. The minimum absolute atomic E-state index is 0.542. The van der Waals surface area contributed by atoms with Gasteiger partial charge in [0.25, 0.3) is 0 Å². The standard InChI is InChI=1S/C77H68S2/c1-5-7-26-56(3)51-57(4)52-58(25-6-2)28-23-38-68(78)39-24-42-75(79)67-49-50-71-74(55-67)77(66-47-44-60(45-48-66)54-73(63-33-16-10-17-34-63)64-35-18-11-19-36-64)70-41-21-20-40-69(70)76(71)65-37-22-27-59(43-46-65)53-72(61-29-12-8-13-30-61)62-31-14-9-15-32-62/h5-25,28-50,52-56,78-79H,4,26-27,51H2,1-3H3/b7-5-,25-6-,28-23+,39-24+,58-52+,68-38-,75-42-. The zero-order chi connectivity index (χ0) is 54.8. The number of hydrogen-bond donors (Lipinski definition) is 2. The summed E-state index contributed by atoms with van der Waals surface area (Å²) in [5, 5.41) is 4.73. The van der Waals surface area contributed by atoms with Crippen molar-refractivity contribution in [1.29, 1.82) is 0 Å². The molecule has 0 N–H and O–H groups in total.